The molecule has 96 valence electrons. The normalized spacial score (nSPS) is 15.5. The summed E-state index contributed by atoms with van der Waals surface area (Å²) in [5.41, 5.74) is 1.95. The van der Waals surface area contributed by atoms with E-state index in [4.69, 9.17) is 5.11 Å². The van der Waals surface area contributed by atoms with Gasteiger partial charge in [0.15, 0.2) is 0 Å². The molecule has 0 radical (unpaired) electrons. The number of amides is 1. The number of allylic oxidation sites excluding steroid dienone is 1. The van der Waals surface area contributed by atoms with Crippen LogP contribution < -0.4 is 0 Å². The molecule has 1 aliphatic rings. The molecule has 0 spiro atoms. The van der Waals surface area contributed by atoms with Gasteiger partial charge in [-0.15, -0.1) is 0 Å². The Labute approximate surface area is 102 Å². The lowest BCUT2D eigenvalue weighted by Gasteiger charge is -2.23. The molecule has 0 aliphatic heterocycles. The van der Waals surface area contributed by atoms with Gasteiger partial charge < -0.3 is 10.0 Å². The highest BCUT2D eigenvalue weighted by atomic mass is 16.4. The summed E-state index contributed by atoms with van der Waals surface area (Å²) in [5, 5.41) is 8.84. The minimum Gasteiger partial charge on any atom is -0.480 e. The maximum atomic E-state index is 12.2. The van der Waals surface area contributed by atoms with E-state index >= 15 is 0 Å². The van der Waals surface area contributed by atoms with E-state index in [1.807, 2.05) is 20.8 Å². The maximum Gasteiger partial charge on any atom is 0.323 e. The molecule has 4 nitrogen and oxygen atoms in total. The van der Waals surface area contributed by atoms with Gasteiger partial charge in [-0.3, -0.25) is 9.59 Å². The highest BCUT2D eigenvalue weighted by Gasteiger charge is 2.25. The van der Waals surface area contributed by atoms with E-state index in [0.29, 0.717) is 6.54 Å². The third-order valence-corrected chi connectivity index (χ3v) is 2.95. The fraction of sp³-hybridized carbons (Fsp3) is 0.692. The average molecular weight is 239 g/mol. The van der Waals surface area contributed by atoms with Gasteiger partial charge in [-0.05, 0) is 32.1 Å². The van der Waals surface area contributed by atoms with Gasteiger partial charge in [-0.2, -0.15) is 0 Å². The van der Waals surface area contributed by atoms with Crippen molar-refractivity contribution in [3.63, 3.8) is 0 Å². The van der Waals surface area contributed by atoms with Crippen molar-refractivity contribution in [2.24, 2.45) is 5.92 Å². The Morgan fingerprint density at radius 3 is 2.41 bits per heavy atom. The molecular formula is C13H21NO3. The van der Waals surface area contributed by atoms with Crippen LogP contribution in [0.5, 0.6) is 0 Å². The molecular weight excluding hydrogens is 218 g/mol. The van der Waals surface area contributed by atoms with E-state index in [1.54, 1.807) is 0 Å². The van der Waals surface area contributed by atoms with E-state index in [1.165, 1.54) is 4.90 Å². The minimum atomic E-state index is -0.949. The molecule has 0 aromatic carbocycles. The van der Waals surface area contributed by atoms with Crippen LogP contribution in [0.3, 0.4) is 0 Å². The molecule has 0 aromatic rings. The Hall–Kier alpha value is -1.32. The molecule has 17 heavy (non-hydrogen) atoms. The summed E-state index contributed by atoms with van der Waals surface area (Å²) < 4.78 is 0. The maximum absolute atomic E-state index is 12.2. The summed E-state index contributed by atoms with van der Waals surface area (Å²) in [5.74, 6) is -0.757. The van der Waals surface area contributed by atoms with Gasteiger partial charge in [-0.1, -0.05) is 19.4 Å². The fourth-order valence-corrected chi connectivity index (χ4v) is 2.20. The lowest BCUT2D eigenvalue weighted by molar-refractivity contribution is -0.143. The van der Waals surface area contributed by atoms with Crippen LogP contribution in [0.1, 0.15) is 40.0 Å². The van der Waals surface area contributed by atoms with E-state index in [0.717, 1.165) is 30.4 Å². The molecule has 0 fully saturated rings. The molecule has 1 N–H and O–H groups in total. The second-order valence-electron chi connectivity index (χ2n) is 5.09. The first-order chi connectivity index (χ1) is 7.91. The quantitative estimate of drug-likeness (QED) is 0.799. The standard InChI is InChI=1S/C13H21NO3/c1-9(2)7-14(8-12(15)16)13(17)11-6-4-5-10(11)3/h9H,4-8H2,1-3H3,(H,15,16). The van der Waals surface area contributed by atoms with Crippen molar-refractivity contribution in [1.82, 2.24) is 4.90 Å². The SMILES string of the molecule is CC1=C(C(=O)N(CC(=O)O)CC(C)C)CCC1. The summed E-state index contributed by atoms with van der Waals surface area (Å²) in [6, 6.07) is 0. The molecule has 0 unspecified atom stereocenters. The van der Waals surface area contributed by atoms with Gasteiger partial charge in [0.2, 0.25) is 5.91 Å². The zero-order valence-electron chi connectivity index (χ0n) is 10.8. The minimum absolute atomic E-state index is 0.0869. The number of carbonyl (C=O) groups is 2. The summed E-state index contributed by atoms with van der Waals surface area (Å²) in [7, 11) is 0. The van der Waals surface area contributed by atoms with E-state index in [2.05, 4.69) is 0 Å². The van der Waals surface area contributed by atoms with Crippen molar-refractivity contribution in [1.29, 1.82) is 0 Å². The van der Waals surface area contributed by atoms with Crippen LogP contribution in [0.15, 0.2) is 11.1 Å². The van der Waals surface area contributed by atoms with Gasteiger partial charge in [0, 0.05) is 12.1 Å². The molecule has 1 aliphatic carbocycles. The van der Waals surface area contributed by atoms with Gasteiger partial charge in [0.25, 0.3) is 0 Å². The van der Waals surface area contributed by atoms with Gasteiger partial charge >= 0.3 is 5.97 Å². The third-order valence-electron chi connectivity index (χ3n) is 2.95. The molecule has 1 amide bonds. The fourth-order valence-electron chi connectivity index (χ4n) is 2.20. The Balaban J connectivity index is 2.78. The molecule has 0 saturated carbocycles. The van der Waals surface area contributed by atoms with Crippen molar-refractivity contribution >= 4 is 11.9 Å². The first-order valence-corrected chi connectivity index (χ1v) is 6.11. The zero-order valence-corrected chi connectivity index (χ0v) is 10.8. The molecule has 0 saturated heterocycles. The summed E-state index contributed by atoms with van der Waals surface area (Å²) in [6.07, 6.45) is 2.76. The smallest absolute Gasteiger partial charge is 0.323 e. The predicted molar refractivity (Wildman–Crippen MR) is 65.6 cm³/mol. The summed E-state index contributed by atoms with van der Waals surface area (Å²) in [4.78, 5) is 24.5. The third kappa shape index (κ3) is 3.88. The number of hydrogen-bond donors (Lipinski definition) is 1. The number of carboxylic acid groups (broad SMARTS) is 1. The Morgan fingerprint density at radius 2 is 2.00 bits per heavy atom. The average Bonchev–Trinajstić information content (AvgIpc) is 2.61. The van der Waals surface area contributed by atoms with Gasteiger partial charge in [-0.25, -0.2) is 0 Å². The topological polar surface area (TPSA) is 57.6 Å². The highest BCUT2D eigenvalue weighted by Crippen LogP contribution is 2.27. The number of carboxylic acids is 1. The van der Waals surface area contributed by atoms with Crippen molar-refractivity contribution in [3.05, 3.63) is 11.1 Å². The van der Waals surface area contributed by atoms with Crippen LogP contribution in [0.25, 0.3) is 0 Å². The van der Waals surface area contributed by atoms with Crippen LogP contribution in [-0.4, -0.2) is 35.0 Å². The van der Waals surface area contributed by atoms with Crippen molar-refractivity contribution in [2.45, 2.75) is 40.0 Å². The van der Waals surface area contributed by atoms with Crippen molar-refractivity contribution in [2.75, 3.05) is 13.1 Å². The first-order valence-electron chi connectivity index (χ1n) is 6.11. The number of rotatable bonds is 5. The Bertz CT molecular complexity index is 345. The van der Waals surface area contributed by atoms with E-state index < -0.39 is 5.97 Å². The number of nitrogens with zero attached hydrogens (tertiary/aromatic N) is 1. The predicted octanol–water partition coefficient (Wildman–Crippen LogP) is 2.06. The second-order valence-corrected chi connectivity index (χ2v) is 5.09. The van der Waals surface area contributed by atoms with Gasteiger partial charge in [0.05, 0.1) is 0 Å². The van der Waals surface area contributed by atoms with Gasteiger partial charge in [0.1, 0.15) is 6.54 Å². The van der Waals surface area contributed by atoms with Crippen LogP contribution in [0.2, 0.25) is 0 Å². The molecule has 0 atom stereocenters. The van der Waals surface area contributed by atoms with Crippen LogP contribution in [-0.2, 0) is 9.59 Å². The molecule has 1 rings (SSSR count). The molecule has 0 heterocycles. The van der Waals surface area contributed by atoms with E-state index in [-0.39, 0.29) is 18.4 Å². The van der Waals surface area contributed by atoms with Crippen molar-refractivity contribution in [3.8, 4) is 0 Å². The number of hydrogen-bond acceptors (Lipinski definition) is 2. The number of carbonyl (C=O) groups excluding carboxylic acids is 1. The summed E-state index contributed by atoms with van der Waals surface area (Å²) >= 11 is 0. The molecule has 0 bridgehead atoms. The Kier molecular flexibility index (Phi) is 4.73. The van der Waals surface area contributed by atoms with Crippen molar-refractivity contribution < 1.29 is 14.7 Å². The van der Waals surface area contributed by atoms with Crippen LogP contribution >= 0.6 is 0 Å². The highest BCUT2D eigenvalue weighted by molar-refractivity contribution is 5.96. The number of aliphatic carboxylic acids is 1. The van der Waals surface area contributed by atoms with E-state index in [9.17, 15) is 9.59 Å². The molecule has 4 heteroatoms. The Morgan fingerprint density at radius 1 is 1.35 bits per heavy atom. The lowest BCUT2D eigenvalue weighted by Crippen LogP contribution is -2.39. The van der Waals surface area contributed by atoms with Crippen LogP contribution in [0.4, 0.5) is 0 Å². The largest absolute Gasteiger partial charge is 0.480 e. The molecule has 0 aromatic heterocycles. The zero-order chi connectivity index (χ0) is 13.0. The summed E-state index contributed by atoms with van der Waals surface area (Å²) in [6.45, 7) is 6.24. The van der Waals surface area contributed by atoms with Crippen LogP contribution in [0, 0.1) is 5.92 Å². The second kappa shape index (κ2) is 5.84. The first kappa shape index (κ1) is 13.7. The monoisotopic (exact) mass is 239 g/mol. The lowest BCUT2D eigenvalue weighted by atomic mass is 10.1.